The lowest BCUT2D eigenvalue weighted by atomic mass is 10.0. The monoisotopic (exact) mass is 280 g/mol. The number of aromatic nitrogens is 3. The van der Waals surface area contributed by atoms with Gasteiger partial charge in [0.25, 0.3) is 5.91 Å². The molecule has 0 atom stereocenters. The van der Waals surface area contributed by atoms with E-state index in [1.54, 1.807) is 6.07 Å². The van der Waals surface area contributed by atoms with E-state index in [-0.39, 0.29) is 0 Å². The molecule has 0 saturated heterocycles. The highest BCUT2D eigenvalue weighted by Crippen LogP contribution is 2.30. The Balaban J connectivity index is 2.28. The minimum atomic E-state index is -0.536. The van der Waals surface area contributed by atoms with Gasteiger partial charge in [0.15, 0.2) is 5.65 Å². The maximum Gasteiger partial charge on any atom is 0.252 e. The number of anilines is 1. The Bertz CT molecular complexity index is 822. The number of nitrogens with zero attached hydrogens (tertiary/aromatic N) is 4. The molecule has 2 N–H and O–H groups in total. The van der Waals surface area contributed by atoms with Crippen LogP contribution in [-0.4, -0.2) is 34.6 Å². The van der Waals surface area contributed by atoms with Crippen LogP contribution in [0.5, 0.6) is 0 Å². The van der Waals surface area contributed by atoms with Crippen molar-refractivity contribution in [1.29, 1.82) is 0 Å². The molecule has 0 aliphatic heterocycles. The number of fused-ring (bicyclic) bond motifs is 1. The van der Waals surface area contributed by atoms with Crippen molar-refractivity contribution in [2.45, 2.75) is 0 Å². The summed E-state index contributed by atoms with van der Waals surface area (Å²) in [5.74, 6) is -0.536. The maximum absolute atomic E-state index is 11.6. The highest BCUT2D eigenvalue weighted by atomic mass is 16.1. The first kappa shape index (κ1) is 13.1. The highest BCUT2D eigenvalue weighted by Gasteiger charge is 2.14. The molecule has 1 amide bonds. The number of nitrogens with two attached hydrogens (primary N) is 1. The zero-order chi connectivity index (χ0) is 15.0. The van der Waals surface area contributed by atoms with Crippen LogP contribution in [0.15, 0.2) is 36.5 Å². The molecule has 6 heteroatoms. The number of carbonyl (C=O) groups is 1. The quantitative estimate of drug-likeness (QED) is 0.786. The predicted molar refractivity (Wildman–Crippen MR) is 80.1 cm³/mol. The van der Waals surface area contributed by atoms with Crippen LogP contribution in [0.25, 0.3) is 16.8 Å². The molecular weight excluding hydrogens is 266 g/mol. The molecule has 2 heterocycles. The zero-order valence-electron chi connectivity index (χ0n) is 11.7. The molecule has 0 bridgehead atoms. The first-order chi connectivity index (χ1) is 10.1. The Morgan fingerprint density at radius 2 is 2.10 bits per heavy atom. The van der Waals surface area contributed by atoms with E-state index >= 15 is 0 Å². The number of hydrogen-bond donors (Lipinski definition) is 1. The summed E-state index contributed by atoms with van der Waals surface area (Å²) in [6, 6.07) is 9.65. The number of pyridine rings is 1. The lowest BCUT2D eigenvalue weighted by molar-refractivity contribution is 0.100. The van der Waals surface area contributed by atoms with E-state index in [1.807, 2.05) is 49.5 Å². The van der Waals surface area contributed by atoms with Crippen LogP contribution in [0, 0.1) is 6.33 Å². The van der Waals surface area contributed by atoms with Crippen molar-refractivity contribution in [1.82, 2.24) is 14.6 Å². The molecule has 0 unspecified atom stereocenters. The molecule has 6 nitrogen and oxygen atoms in total. The number of benzene rings is 1. The normalized spacial score (nSPS) is 10.8. The Morgan fingerprint density at radius 3 is 2.81 bits per heavy atom. The van der Waals surface area contributed by atoms with Gasteiger partial charge in [-0.05, 0) is 12.1 Å². The van der Waals surface area contributed by atoms with Crippen molar-refractivity contribution < 1.29 is 4.79 Å². The Labute approximate surface area is 121 Å². The zero-order valence-corrected chi connectivity index (χ0v) is 11.7. The molecule has 1 aromatic carbocycles. The number of amides is 1. The molecule has 3 rings (SSSR count). The Morgan fingerprint density at radius 1 is 1.33 bits per heavy atom. The molecule has 105 valence electrons. The van der Waals surface area contributed by atoms with Crippen molar-refractivity contribution >= 4 is 17.2 Å². The third-order valence-corrected chi connectivity index (χ3v) is 3.29. The van der Waals surface area contributed by atoms with Gasteiger partial charge in [0.1, 0.15) is 0 Å². The summed E-state index contributed by atoms with van der Waals surface area (Å²) < 4.78 is 1.52. The molecule has 21 heavy (non-hydrogen) atoms. The van der Waals surface area contributed by atoms with E-state index in [9.17, 15) is 4.79 Å². The van der Waals surface area contributed by atoms with Crippen molar-refractivity contribution in [2.75, 3.05) is 19.0 Å². The topological polar surface area (TPSA) is 76.5 Å². The molecule has 2 aromatic heterocycles. The van der Waals surface area contributed by atoms with E-state index in [0.717, 1.165) is 16.8 Å². The first-order valence-corrected chi connectivity index (χ1v) is 6.41. The summed E-state index contributed by atoms with van der Waals surface area (Å²) in [7, 11) is 3.94. The smallest absolute Gasteiger partial charge is 0.252 e. The van der Waals surface area contributed by atoms with E-state index in [4.69, 9.17) is 5.73 Å². The fourth-order valence-electron chi connectivity index (χ4n) is 2.32. The Kier molecular flexibility index (Phi) is 3.06. The summed E-state index contributed by atoms with van der Waals surface area (Å²) in [5, 5.41) is 3.98. The van der Waals surface area contributed by atoms with Gasteiger partial charge < -0.3 is 10.6 Å². The fourth-order valence-corrected chi connectivity index (χ4v) is 2.32. The van der Waals surface area contributed by atoms with Crippen molar-refractivity contribution in [2.24, 2.45) is 5.73 Å². The highest BCUT2D eigenvalue weighted by molar-refractivity contribution is 6.00. The van der Waals surface area contributed by atoms with Crippen LogP contribution in [0.3, 0.4) is 0 Å². The first-order valence-electron chi connectivity index (χ1n) is 6.41. The molecule has 0 spiro atoms. The second kappa shape index (κ2) is 4.90. The number of para-hydroxylation sites is 1. The summed E-state index contributed by atoms with van der Waals surface area (Å²) >= 11 is 0. The number of primary amides is 1. The second-order valence-corrected chi connectivity index (χ2v) is 4.90. The predicted octanol–water partition coefficient (Wildman–Crippen LogP) is 1.36. The number of hydrogen-bond acceptors (Lipinski definition) is 4. The number of rotatable bonds is 3. The van der Waals surface area contributed by atoms with Gasteiger partial charge in [-0.2, -0.15) is 0 Å². The summed E-state index contributed by atoms with van der Waals surface area (Å²) in [5.41, 5.74) is 9.05. The summed E-state index contributed by atoms with van der Waals surface area (Å²) in [4.78, 5) is 17.6. The van der Waals surface area contributed by atoms with Gasteiger partial charge in [-0.15, -0.1) is 5.10 Å². The second-order valence-electron chi connectivity index (χ2n) is 4.90. The summed E-state index contributed by atoms with van der Waals surface area (Å²) in [6.45, 7) is 0. The van der Waals surface area contributed by atoms with Crippen LogP contribution < -0.4 is 10.6 Å². The largest absolute Gasteiger partial charge is 0.377 e. The summed E-state index contributed by atoms with van der Waals surface area (Å²) in [6.07, 6.45) is 4.31. The standard InChI is InChI=1S/C15H14N5O/c1-19(2)13-6-4-3-5-11(13)10-7-12(14(16)21)15-17-9-18-20(15)8-10/h3-8H,1-2H3,(H2,16,21). The molecule has 3 aromatic rings. The lowest BCUT2D eigenvalue weighted by Crippen LogP contribution is -2.14. The van der Waals surface area contributed by atoms with E-state index < -0.39 is 5.91 Å². The SMILES string of the molecule is CN(C)c1ccccc1-c1cc(C(N)=O)c2n[c]nn2c1. The third-order valence-electron chi connectivity index (χ3n) is 3.29. The fraction of sp³-hybridized carbons (Fsp3) is 0.133. The van der Waals surface area contributed by atoms with Gasteiger partial charge in [0.2, 0.25) is 6.33 Å². The maximum atomic E-state index is 11.6. The molecule has 0 saturated carbocycles. The van der Waals surface area contributed by atoms with Gasteiger partial charge in [-0.25, -0.2) is 9.50 Å². The third kappa shape index (κ3) is 2.20. The van der Waals surface area contributed by atoms with Gasteiger partial charge >= 0.3 is 0 Å². The average molecular weight is 280 g/mol. The Hall–Kier alpha value is -2.89. The van der Waals surface area contributed by atoms with Crippen molar-refractivity contribution in [3.8, 4) is 11.1 Å². The van der Waals surface area contributed by atoms with Crippen molar-refractivity contribution in [3.05, 3.63) is 48.4 Å². The van der Waals surface area contributed by atoms with Crippen LogP contribution >= 0.6 is 0 Å². The van der Waals surface area contributed by atoms with Gasteiger partial charge in [-0.3, -0.25) is 4.79 Å². The van der Waals surface area contributed by atoms with Crippen LogP contribution in [0.1, 0.15) is 10.4 Å². The van der Waals surface area contributed by atoms with E-state index in [2.05, 4.69) is 16.4 Å². The molecular formula is C15H14N5O. The molecule has 0 aliphatic rings. The van der Waals surface area contributed by atoms with Crippen LogP contribution in [0.2, 0.25) is 0 Å². The van der Waals surface area contributed by atoms with Gasteiger partial charge in [0, 0.05) is 37.1 Å². The van der Waals surface area contributed by atoms with Gasteiger partial charge in [-0.1, -0.05) is 18.2 Å². The molecule has 0 aliphatic carbocycles. The lowest BCUT2D eigenvalue weighted by Gasteiger charge is -2.17. The van der Waals surface area contributed by atoms with Gasteiger partial charge in [0.05, 0.1) is 5.56 Å². The van der Waals surface area contributed by atoms with Crippen LogP contribution in [0.4, 0.5) is 5.69 Å². The average Bonchev–Trinajstić information content (AvgIpc) is 2.94. The van der Waals surface area contributed by atoms with E-state index in [1.165, 1.54) is 4.52 Å². The minimum Gasteiger partial charge on any atom is -0.377 e. The molecule has 1 radical (unpaired) electrons. The van der Waals surface area contributed by atoms with Crippen LogP contribution in [-0.2, 0) is 0 Å². The van der Waals surface area contributed by atoms with Crippen molar-refractivity contribution in [3.63, 3.8) is 0 Å². The minimum absolute atomic E-state index is 0.329. The number of carbonyl (C=O) groups excluding carboxylic acids is 1. The van der Waals surface area contributed by atoms with E-state index in [0.29, 0.717) is 11.2 Å². The molecule has 0 fully saturated rings.